The Bertz CT molecular complexity index is 1450. The van der Waals surface area contributed by atoms with Crippen LogP contribution in [0, 0.1) is 6.92 Å². The summed E-state index contributed by atoms with van der Waals surface area (Å²) in [5.74, 6) is -0.894. The summed E-state index contributed by atoms with van der Waals surface area (Å²) in [6.07, 6.45) is 1.03. The van der Waals surface area contributed by atoms with E-state index in [-0.39, 0.29) is 23.0 Å². The van der Waals surface area contributed by atoms with E-state index in [1.165, 1.54) is 23.1 Å². The predicted molar refractivity (Wildman–Crippen MR) is 162 cm³/mol. The highest BCUT2D eigenvalue weighted by molar-refractivity contribution is 7.92. The van der Waals surface area contributed by atoms with Crippen LogP contribution in [-0.4, -0.2) is 44.3 Å². The number of carbonyl (C=O) groups is 2. The number of carbonyl (C=O) groups excluding carboxylic acids is 2. The van der Waals surface area contributed by atoms with E-state index < -0.39 is 28.5 Å². The Morgan fingerprint density at radius 2 is 1.60 bits per heavy atom. The molecule has 40 heavy (non-hydrogen) atoms. The van der Waals surface area contributed by atoms with E-state index in [0.29, 0.717) is 33.6 Å². The summed E-state index contributed by atoms with van der Waals surface area (Å²) in [5, 5.41) is 3.87. The van der Waals surface area contributed by atoms with E-state index in [1.54, 1.807) is 62.4 Å². The molecule has 0 aliphatic carbocycles. The molecule has 3 aromatic carbocycles. The average molecular weight is 625 g/mol. The number of nitrogens with zero attached hydrogens (tertiary/aromatic N) is 2. The van der Waals surface area contributed by atoms with Crippen LogP contribution < -0.4 is 9.62 Å². The molecule has 11 heteroatoms. The molecule has 3 rings (SSSR count). The van der Waals surface area contributed by atoms with Crippen LogP contribution in [0.4, 0.5) is 5.69 Å². The molecule has 0 aromatic heterocycles. The molecule has 1 atom stereocenters. The van der Waals surface area contributed by atoms with Crippen molar-refractivity contribution in [2.45, 2.75) is 51.1 Å². The number of benzene rings is 3. The Labute approximate surface area is 251 Å². The third-order valence-corrected chi connectivity index (χ3v) is 9.26. The minimum atomic E-state index is -4.18. The Balaban J connectivity index is 2.08. The van der Waals surface area contributed by atoms with Gasteiger partial charge >= 0.3 is 0 Å². The maximum atomic E-state index is 14.0. The summed E-state index contributed by atoms with van der Waals surface area (Å²) < 4.78 is 28.7. The van der Waals surface area contributed by atoms with Crippen LogP contribution in [0.2, 0.25) is 15.1 Å². The fraction of sp³-hybridized carbons (Fsp3) is 0.310. The molecule has 0 saturated carbocycles. The predicted octanol–water partition coefficient (Wildman–Crippen LogP) is 6.48. The lowest BCUT2D eigenvalue weighted by Crippen LogP contribution is -2.52. The molecule has 2 amide bonds. The van der Waals surface area contributed by atoms with Crippen molar-refractivity contribution in [2.75, 3.05) is 17.4 Å². The number of amides is 2. The highest BCUT2D eigenvalue weighted by atomic mass is 35.5. The standard InChI is InChI=1S/C29H32Cl3N3O4S/c1-4-15-33-29(37)27(5-2)34(18-21-12-14-24(30)26(32)16-21)28(36)19-35(22-13-11-20(3)25(31)17-22)40(38,39)23-9-7-6-8-10-23/h6-14,16-17,27H,4-5,15,18-19H2,1-3H3,(H,33,37)/t27-/m0/s1. The molecule has 3 aromatic rings. The number of rotatable bonds is 12. The molecule has 0 aliphatic rings. The van der Waals surface area contributed by atoms with E-state index in [4.69, 9.17) is 34.8 Å². The molecule has 0 radical (unpaired) electrons. The first-order valence-corrected chi connectivity index (χ1v) is 15.4. The van der Waals surface area contributed by atoms with E-state index in [2.05, 4.69) is 5.32 Å². The Morgan fingerprint density at radius 1 is 0.900 bits per heavy atom. The molecular formula is C29H32Cl3N3O4S. The molecule has 0 spiro atoms. The summed E-state index contributed by atoms with van der Waals surface area (Å²) in [5.41, 5.74) is 1.62. The first-order valence-electron chi connectivity index (χ1n) is 12.8. The maximum absolute atomic E-state index is 14.0. The monoisotopic (exact) mass is 623 g/mol. The molecule has 0 bridgehead atoms. The number of sulfonamides is 1. The van der Waals surface area contributed by atoms with E-state index in [1.807, 2.05) is 6.92 Å². The van der Waals surface area contributed by atoms with Crippen LogP contribution >= 0.6 is 34.8 Å². The zero-order chi connectivity index (χ0) is 29.4. The van der Waals surface area contributed by atoms with Crippen molar-refractivity contribution in [3.05, 3.63) is 92.9 Å². The van der Waals surface area contributed by atoms with Gasteiger partial charge in [0.25, 0.3) is 10.0 Å². The van der Waals surface area contributed by atoms with Gasteiger partial charge in [-0.3, -0.25) is 13.9 Å². The van der Waals surface area contributed by atoms with Gasteiger partial charge in [-0.1, -0.05) is 79.0 Å². The van der Waals surface area contributed by atoms with Crippen molar-refractivity contribution in [1.82, 2.24) is 10.2 Å². The average Bonchev–Trinajstić information content (AvgIpc) is 2.94. The lowest BCUT2D eigenvalue weighted by atomic mass is 10.1. The molecule has 214 valence electrons. The largest absolute Gasteiger partial charge is 0.354 e. The highest BCUT2D eigenvalue weighted by Crippen LogP contribution is 2.29. The van der Waals surface area contributed by atoms with Crippen LogP contribution in [0.15, 0.2) is 71.6 Å². The van der Waals surface area contributed by atoms with Gasteiger partial charge in [-0.05, 0) is 67.3 Å². The Morgan fingerprint density at radius 3 is 2.20 bits per heavy atom. The molecule has 0 fully saturated rings. The number of hydrogen-bond donors (Lipinski definition) is 1. The SMILES string of the molecule is CCCNC(=O)[C@H](CC)N(Cc1ccc(Cl)c(Cl)c1)C(=O)CN(c1ccc(C)c(Cl)c1)S(=O)(=O)c1ccccc1. The first kappa shape index (κ1) is 31.7. The summed E-state index contributed by atoms with van der Waals surface area (Å²) in [4.78, 5) is 28.6. The fourth-order valence-corrected chi connectivity index (χ4v) is 6.03. The summed E-state index contributed by atoms with van der Waals surface area (Å²) in [7, 11) is -4.18. The van der Waals surface area contributed by atoms with Crippen LogP contribution in [0.5, 0.6) is 0 Å². The van der Waals surface area contributed by atoms with Crippen molar-refractivity contribution in [2.24, 2.45) is 0 Å². The number of anilines is 1. The van der Waals surface area contributed by atoms with E-state index >= 15 is 0 Å². The summed E-state index contributed by atoms with van der Waals surface area (Å²) >= 11 is 18.7. The molecular weight excluding hydrogens is 593 g/mol. The van der Waals surface area contributed by atoms with Gasteiger partial charge in [-0.15, -0.1) is 0 Å². The van der Waals surface area contributed by atoms with Crippen LogP contribution in [0.1, 0.15) is 37.8 Å². The second-order valence-corrected chi connectivity index (χ2v) is 12.3. The third-order valence-electron chi connectivity index (χ3n) is 6.33. The topological polar surface area (TPSA) is 86.8 Å². The van der Waals surface area contributed by atoms with Gasteiger partial charge in [0.05, 0.1) is 20.6 Å². The molecule has 0 saturated heterocycles. The van der Waals surface area contributed by atoms with Gasteiger partial charge in [0.1, 0.15) is 12.6 Å². The van der Waals surface area contributed by atoms with Crippen LogP contribution in [0.25, 0.3) is 0 Å². The molecule has 0 heterocycles. The van der Waals surface area contributed by atoms with Gasteiger partial charge in [0, 0.05) is 18.1 Å². The van der Waals surface area contributed by atoms with Crippen LogP contribution in [0.3, 0.4) is 0 Å². The van der Waals surface area contributed by atoms with Crippen molar-refractivity contribution < 1.29 is 18.0 Å². The summed E-state index contributed by atoms with van der Waals surface area (Å²) in [6, 6.07) is 16.7. The third kappa shape index (κ3) is 7.69. The fourth-order valence-electron chi connectivity index (χ4n) is 4.11. The second kappa shape index (κ2) is 14.2. The van der Waals surface area contributed by atoms with Crippen LogP contribution in [-0.2, 0) is 26.2 Å². The molecule has 0 aliphatic heterocycles. The zero-order valence-electron chi connectivity index (χ0n) is 22.5. The van der Waals surface area contributed by atoms with Gasteiger partial charge in [-0.2, -0.15) is 0 Å². The maximum Gasteiger partial charge on any atom is 0.264 e. The Hall–Kier alpha value is -2.78. The molecule has 0 unspecified atom stereocenters. The van der Waals surface area contributed by atoms with Gasteiger partial charge < -0.3 is 10.2 Å². The van der Waals surface area contributed by atoms with Crippen molar-refractivity contribution in [1.29, 1.82) is 0 Å². The second-order valence-electron chi connectivity index (χ2n) is 9.24. The first-order chi connectivity index (χ1) is 19.0. The lowest BCUT2D eigenvalue weighted by molar-refractivity contribution is -0.140. The number of aryl methyl sites for hydroxylation is 1. The van der Waals surface area contributed by atoms with Crippen molar-refractivity contribution >= 4 is 62.3 Å². The van der Waals surface area contributed by atoms with Gasteiger partial charge in [-0.25, -0.2) is 8.42 Å². The highest BCUT2D eigenvalue weighted by Gasteiger charge is 2.33. The van der Waals surface area contributed by atoms with E-state index in [0.717, 1.165) is 16.3 Å². The number of halogens is 3. The quantitative estimate of drug-likeness (QED) is 0.250. The zero-order valence-corrected chi connectivity index (χ0v) is 25.6. The van der Waals surface area contributed by atoms with Gasteiger partial charge in [0.2, 0.25) is 11.8 Å². The van der Waals surface area contributed by atoms with Crippen molar-refractivity contribution in [3.8, 4) is 0 Å². The minimum absolute atomic E-state index is 0.0155. The summed E-state index contributed by atoms with van der Waals surface area (Å²) in [6.45, 7) is 5.42. The van der Waals surface area contributed by atoms with Crippen molar-refractivity contribution in [3.63, 3.8) is 0 Å². The molecule has 7 nitrogen and oxygen atoms in total. The van der Waals surface area contributed by atoms with E-state index in [9.17, 15) is 18.0 Å². The lowest BCUT2D eigenvalue weighted by Gasteiger charge is -2.33. The number of nitrogens with one attached hydrogen (secondary N) is 1. The van der Waals surface area contributed by atoms with Gasteiger partial charge in [0.15, 0.2) is 0 Å². The smallest absolute Gasteiger partial charge is 0.264 e. The Kier molecular flexibility index (Phi) is 11.3. The molecule has 1 N–H and O–H groups in total. The number of hydrogen-bond acceptors (Lipinski definition) is 4. The normalized spacial score (nSPS) is 12.1. The minimum Gasteiger partial charge on any atom is -0.354 e.